The zero-order valence-electron chi connectivity index (χ0n) is 20.0. The number of nitriles is 1. The SMILES string of the molecule is CC(Oc1ccc(C#N)cn1)C1CN(C(=O)N2CCN(S(C)(=O)=O)CC2)CC1c1ccc(Cl)c(Cl)c1. The van der Waals surface area contributed by atoms with Gasteiger partial charge < -0.3 is 14.5 Å². The molecule has 2 fully saturated rings. The molecule has 0 bridgehead atoms. The third-order valence-electron chi connectivity index (χ3n) is 6.76. The van der Waals surface area contributed by atoms with Crippen molar-refractivity contribution in [2.75, 3.05) is 45.5 Å². The molecule has 9 nitrogen and oxygen atoms in total. The maximum Gasteiger partial charge on any atom is 0.320 e. The summed E-state index contributed by atoms with van der Waals surface area (Å²) in [6, 6.07) is 10.7. The number of nitrogens with zero attached hydrogens (tertiary/aromatic N) is 5. The van der Waals surface area contributed by atoms with Crippen LogP contribution in [-0.4, -0.2) is 85.2 Å². The van der Waals surface area contributed by atoms with Gasteiger partial charge in [0.05, 0.1) is 21.9 Å². The van der Waals surface area contributed by atoms with Crippen LogP contribution in [0.1, 0.15) is 24.0 Å². The summed E-state index contributed by atoms with van der Waals surface area (Å²) in [5.74, 6) is 0.270. The number of pyridine rings is 1. The van der Waals surface area contributed by atoms with Gasteiger partial charge in [-0.2, -0.15) is 9.57 Å². The van der Waals surface area contributed by atoms with E-state index in [1.165, 1.54) is 16.8 Å². The molecule has 36 heavy (non-hydrogen) atoms. The lowest BCUT2D eigenvalue weighted by molar-refractivity contribution is 0.126. The minimum absolute atomic E-state index is 0.0607. The van der Waals surface area contributed by atoms with Gasteiger partial charge in [0.15, 0.2) is 0 Å². The second-order valence-corrected chi connectivity index (χ2v) is 11.9. The Hall–Kier alpha value is -2.58. The fourth-order valence-corrected chi connectivity index (χ4v) is 5.89. The molecule has 0 radical (unpaired) electrons. The molecule has 3 heterocycles. The molecule has 2 aliphatic rings. The number of halogens is 2. The van der Waals surface area contributed by atoms with Crippen molar-refractivity contribution >= 4 is 39.3 Å². The first kappa shape index (κ1) is 26.5. The van der Waals surface area contributed by atoms with E-state index in [2.05, 4.69) is 4.98 Å². The number of ether oxygens (including phenoxy) is 1. The van der Waals surface area contributed by atoms with Crippen molar-refractivity contribution in [3.8, 4) is 11.9 Å². The fraction of sp³-hybridized carbons (Fsp3) is 0.458. The van der Waals surface area contributed by atoms with E-state index >= 15 is 0 Å². The molecule has 1 aromatic carbocycles. The molecule has 12 heteroatoms. The lowest BCUT2D eigenvalue weighted by Gasteiger charge is -2.35. The number of hydrogen-bond donors (Lipinski definition) is 0. The summed E-state index contributed by atoms with van der Waals surface area (Å²) in [4.78, 5) is 21.1. The topological polar surface area (TPSA) is 107 Å². The first-order valence-electron chi connectivity index (χ1n) is 11.5. The van der Waals surface area contributed by atoms with E-state index in [1.54, 1.807) is 28.0 Å². The molecule has 192 valence electrons. The minimum atomic E-state index is -3.28. The van der Waals surface area contributed by atoms with Crippen molar-refractivity contribution in [1.82, 2.24) is 19.1 Å². The van der Waals surface area contributed by atoms with Gasteiger partial charge in [-0.25, -0.2) is 18.2 Å². The van der Waals surface area contributed by atoms with Crippen molar-refractivity contribution in [1.29, 1.82) is 5.26 Å². The quantitative estimate of drug-likeness (QED) is 0.563. The van der Waals surface area contributed by atoms with Crippen LogP contribution in [0.4, 0.5) is 4.79 Å². The molecule has 1 aromatic heterocycles. The standard InChI is InChI=1S/C24H27Cl2N5O4S/c1-16(35-23-6-3-17(12-27)13-28-23)19-14-30(15-20(19)18-4-5-21(25)22(26)11-18)24(32)29-7-9-31(10-8-29)36(2,33)34/h3-6,11,13,16,19-20H,7-10,14-15H2,1-2H3. The van der Waals surface area contributed by atoms with Crippen LogP contribution in [0.5, 0.6) is 5.88 Å². The smallest absolute Gasteiger partial charge is 0.320 e. The van der Waals surface area contributed by atoms with Crippen LogP contribution in [0.2, 0.25) is 10.0 Å². The minimum Gasteiger partial charge on any atom is -0.474 e. The van der Waals surface area contributed by atoms with E-state index in [4.69, 9.17) is 33.2 Å². The van der Waals surface area contributed by atoms with E-state index < -0.39 is 10.0 Å². The number of carbonyl (C=O) groups excluding carboxylic acids is 1. The van der Waals surface area contributed by atoms with Gasteiger partial charge in [-0.05, 0) is 30.7 Å². The summed E-state index contributed by atoms with van der Waals surface area (Å²) in [7, 11) is -3.28. The van der Waals surface area contributed by atoms with Gasteiger partial charge in [0.25, 0.3) is 0 Å². The van der Waals surface area contributed by atoms with Gasteiger partial charge >= 0.3 is 6.03 Å². The van der Waals surface area contributed by atoms with Crippen LogP contribution < -0.4 is 4.74 Å². The zero-order valence-corrected chi connectivity index (χ0v) is 22.3. The van der Waals surface area contributed by atoms with Gasteiger partial charge in [0, 0.05) is 63.4 Å². The highest BCUT2D eigenvalue weighted by Crippen LogP contribution is 2.38. The number of amides is 2. The second-order valence-electron chi connectivity index (χ2n) is 9.10. The van der Waals surface area contributed by atoms with Crippen LogP contribution in [0.15, 0.2) is 36.5 Å². The van der Waals surface area contributed by atoms with Gasteiger partial charge in [-0.1, -0.05) is 29.3 Å². The van der Waals surface area contributed by atoms with Crippen LogP contribution in [0, 0.1) is 17.2 Å². The second kappa shape index (κ2) is 10.8. The summed E-state index contributed by atoms with van der Waals surface area (Å²) in [6.45, 7) is 4.09. The normalized spacial score (nSPS) is 21.8. The average molecular weight is 552 g/mol. The molecule has 0 aliphatic carbocycles. The van der Waals surface area contributed by atoms with Crippen molar-refractivity contribution in [2.24, 2.45) is 5.92 Å². The molecule has 0 saturated carbocycles. The van der Waals surface area contributed by atoms with E-state index in [0.29, 0.717) is 47.7 Å². The van der Waals surface area contributed by atoms with Crippen LogP contribution >= 0.6 is 23.2 Å². The molecule has 0 N–H and O–H groups in total. The Labute approximate surface area is 221 Å². The molecular formula is C24H27Cl2N5O4S. The number of hydrogen-bond acceptors (Lipinski definition) is 6. The largest absolute Gasteiger partial charge is 0.474 e. The number of piperazine rings is 1. The van der Waals surface area contributed by atoms with E-state index in [1.807, 2.05) is 25.1 Å². The summed E-state index contributed by atoms with van der Waals surface area (Å²) < 4.78 is 31.2. The summed E-state index contributed by atoms with van der Waals surface area (Å²) in [6.07, 6.45) is 2.34. The molecule has 4 rings (SSSR count). The number of sulfonamides is 1. The maximum absolute atomic E-state index is 13.4. The van der Waals surface area contributed by atoms with E-state index in [9.17, 15) is 13.2 Å². The molecule has 2 aliphatic heterocycles. The Kier molecular flexibility index (Phi) is 7.95. The first-order chi connectivity index (χ1) is 17.1. The molecular weight excluding hydrogens is 525 g/mol. The number of urea groups is 1. The third-order valence-corrected chi connectivity index (χ3v) is 8.80. The van der Waals surface area contributed by atoms with Crippen molar-refractivity contribution < 1.29 is 17.9 Å². The van der Waals surface area contributed by atoms with E-state index in [-0.39, 0.29) is 37.1 Å². The zero-order chi connectivity index (χ0) is 26.0. The van der Waals surface area contributed by atoms with Gasteiger partial charge in [0.2, 0.25) is 15.9 Å². The molecule has 2 saturated heterocycles. The number of rotatable bonds is 5. The molecule has 3 unspecified atom stereocenters. The number of carbonyl (C=O) groups is 1. The monoisotopic (exact) mass is 551 g/mol. The number of likely N-dealkylation sites (tertiary alicyclic amines) is 1. The summed E-state index contributed by atoms with van der Waals surface area (Å²) in [5.41, 5.74) is 1.40. The molecule has 2 aromatic rings. The lowest BCUT2D eigenvalue weighted by Crippen LogP contribution is -2.53. The van der Waals surface area contributed by atoms with Crippen molar-refractivity contribution in [3.63, 3.8) is 0 Å². The van der Waals surface area contributed by atoms with Gasteiger partial charge in [-0.3, -0.25) is 0 Å². The number of benzene rings is 1. The lowest BCUT2D eigenvalue weighted by atomic mass is 9.86. The third kappa shape index (κ3) is 5.86. The van der Waals surface area contributed by atoms with Crippen molar-refractivity contribution in [3.05, 3.63) is 57.7 Å². The average Bonchev–Trinajstić information content (AvgIpc) is 3.31. The number of aromatic nitrogens is 1. The van der Waals surface area contributed by atoms with Crippen LogP contribution in [0.3, 0.4) is 0 Å². The Morgan fingerprint density at radius 3 is 2.42 bits per heavy atom. The van der Waals surface area contributed by atoms with Crippen LogP contribution in [0.25, 0.3) is 0 Å². The Bertz CT molecular complexity index is 1260. The fourth-order valence-electron chi connectivity index (χ4n) is 4.76. The highest BCUT2D eigenvalue weighted by atomic mass is 35.5. The van der Waals surface area contributed by atoms with Crippen LogP contribution in [-0.2, 0) is 10.0 Å². The molecule has 0 spiro atoms. The molecule has 3 atom stereocenters. The van der Waals surface area contributed by atoms with Gasteiger partial charge in [-0.15, -0.1) is 0 Å². The molecule has 2 amide bonds. The highest BCUT2D eigenvalue weighted by Gasteiger charge is 2.42. The summed E-state index contributed by atoms with van der Waals surface area (Å²) >= 11 is 12.4. The Balaban J connectivity index is 1.52. The first-order valence-corrected chi connectivity index (χ1v) is 14.1. The Morgan fingerprint density at radius 2 is 1.83 bits per heavy atom. The van der Waals surface area contributed by atoms with Crippen molar-refractivity contribution in [2.45, 2.75) is 18.9 Å². The maximum atomic E-state index is 13.4. The van der Waals surface area contributed by atoms with Gasteiger partial charge in [0.1, 0.15) is 12.2 Å². The predicted octanol–water partition coefficient (Wildman–Crippen LogP) is 3.44. The predicted molar refractivity (Wildman–Crippen MR) is 137 cm³/mol. The highest BCUT2D eigenvalue weighted by molar-refractivity contribution is 7.88. The van der Waals surface area contributed by atoms with E-state index in [0.717, 1.165) is 5.56 Å². The summed E-state index contributed by atoms with van der Waals surface area (Å²) in [5, 5.41) is 9.90. The Morgan fingerprint density at radius 1 is 1.11 bits per heavy atom.